The van der Waals surface area contributed by atoms with Gasteiger partial charge in [0.1, 0.15) is 4.34 Å². The van der Waals surface area contributed by atoms with E-state index in [1.165, 1.54) is 6.07 Å². The van der Waals surface area contributed by atoms with Gasteiger partial charge in [0, 0.05) is 17.0 Å². The number of hydrogen-bond acceptors (Lipinski definition) is 4. The van der Waals surface area contributed by atoms with Gasteiger partial charge in [0.25, 0.3) is 5.69 Å². The lowest BCUT2D eigenvalue weighted by Crippen LogP contribution is -1.91. The standard InChI is InChI=1S/C8H5ClN2O2S/c1-4-6(11(12)13)3-2-5-7(4)8(9)14-10-5/h2-3H,1H3. The Labute approximate surface area is 88.4 Å². The summed E-state index contributed by atoms with van der Waals surface area (Å²) in [6.07, 6.45) is 0. The lowest BCUT2D eigenvalue weighted by Gasteiger charge is -1.97. The van der Waals surface area contributed by atoms with Crippen LogP contribution in [0.4, 0.5) is 5.69 Å². The zero-order valence-electron chi connectivity index (χ0n) is 7.15. The van der Waals surface area contributed by atoms with Crippen molar-refractivity contribution in [3.05, 3.63) is 32.1 Å². The molecule has 0 saturated carbocycles. The third-order valence-electron chi connectivity index (χ3n) is 2.03. The maximum atomic E-state index is 10.6. The summed E-state index contributed by atoms with van der Waals surface area (Å²) in [7, 11) is 0. The van der Waals surface area contributed by atoms with Gasteiger partial charge in [-0.25, -0.2) is 0 Å². The average molecular weight is 229 g/mol. The smallest absolute Gasteiger partial charge is 0.258 e. The van der Waals surface area contributed by atoms with Crippen LogP contribution in [0.3, 0.4) is 0 Å². The van der Waals surface area contributed by atoms with Gasteiger partial charge in [-0.15, -0.1) is 0 Å². The van der Waals surface area contributed by atoms with Gasteiger partial charge in [0.2, 0.25) is 0 Å². The van der Waals surface area contributed by atoms with Crippen LogP contribution in [0.5, 0.6) is 0 Å². The predicted molar refractivity (Wildman–Crippen MR) is 56.0 cm³/mol. The molecule has 1 aromatic heterocycles. The molecule has 0 radical (unpaired) electrons. The Kier molecular flexibility index (Phi) is 2.13. The van der Waals surface area contributed by atoms with Gasteiger partial charge in [0.15, 0.2) is 0 Å². The van der Waals surface area contributed by atoms with E-state index >= 15 is 0 Å². The van der Waals surface area contributed by atoms with Gasteiger partial charge in [0.05, 0.1) is 10.4 Å². The SMILES string of the molecule is Cc1c([N+](=O)[O-])ccc2nsc(Cl)c12. The van der Waals surface area contributed by atoms with Crippen LogP contribution >= 0.6 is 23.1 Å². The fraction of sp³-hybridized carbons (Fsp3) is 0.125. The number of aromatic nitrogens is 1. The molecule has 0 unspecified atom stereocenters. The molecule has 0 aliphatic rings. The molecule has 4 nitrogen and oxygen atoms in total. The van der Waals surface area contributed by atoms with E-state index in [1.54, 1.807) is 13.0 Å². The third kappa shape index (κ3) is 1.25. The monoisotopic (exact) mass is 228 g/mol. The molecule has 1 aromatic carbocycles. The average Bonchev–Trinajstić information content (AvgIpc) is 2.48. The quantitative estimate of drug-likeness (QED) is 0.556. The molecule has 1 heterocycles. The second-order valence-corrected chi connectivity index (χ2v) is 4.19. The number of nitrogens with zero attached hydrogens (tertiary/aromatic N) is 2. The third-order valence-corrected chi connectivity index (χ3v) is 3.08. The molecule has 0 amide bonds. The maximum absolute atomic E-state index is 10.6. The van der Waals surface area contributed by atoms with Gasteiger partial charge < -0.3 is 0 Å². The molecule has 14 heavy (non-hydrogen) atoms. The van der Waals surface area contributed by atoms with Crippen molar-refractivity contribution in [3.8, 4) is 0 Å². The number of rotatable bonds is 1. The highest BCUT2D eigenvalue weighted by atomic mass is 35.5. The van der Waals surface area contributed by atoms with Crippen LogP contribution in [0, 0.1) is 17.0 Å². The zero-order valence-corrected chi connectivity index (χ0v) is 8.72. The van der Waals surface area contributed by atoms with E-state index < -0.39 is 4.92 Å². The van der Waals surface area contributed by atoms with Crippen LogP contribution in [-0.4, -0.2) is 9.30 Å². The molecular weight excluding hydrogens is 224 g/mol. The number of nitro benzene ring substituents is 1. The Balaban J connectivity index is 2.86. The molecule has 0 atom stereocenters. The lowest BCUT2D eigenvalue weighted by molar-refractivity contribution is -0.385. The highest BCUT2D eigenvalue weighted by Crippen LogP contribution is 2.34. The van der Waals surface area contributed by atoms with Crippen molar-refractivity contribution in [3.63, 3.8) is 0 Å². The Hall–Kier alpha value is -1.20. The van der Waals surface area contributed by atoms with E-state index in [0.717, 1.165) is 11.5 Å². The van der Waals surface area contributed by atoms with Gasteiger partial charge in [-0.05, 0) is 24.5 Å². The number of fused-ring (bicyclic) bond motifs is 1. The normalized spacial score (nSPS) is 10.7. The molecular formula is C8H5ClN2O2S. The lowest BCUT2D eigenvalue weighted by atomic mass is 10.1. The van der Waals surface area contributed by atoms with Crippen molar-refractivity contribution in [1.82, 2.24) is 4.37 Å². The van der Waals surface area contributed by atoms with E-state index in [9.17, 15) is 10.1 Å². The molecule has 0 aliphatic carbocycles. The molecule has 2 aromatic rings. The van der Waals surface area contributed by atoms with Gasteiger partial charge in [-0.2, -0.15) is 4.37 Å². The first-order valence-corrected chi connectivity index (χ1v) is 4.95. The summed E-state index contributed by atoms with van der Waals surface area (Å²) >= 11 is 7.03. The molecule has 0 saturated heterocycles. The maximum Gasteiger partial charge on any atom is 0.273 e. The van der Waals surface area contributed by atoms with Crippen molar-refractivity contribution in [2.45, 2.75) is 6.92 Å². The van der Waals surface area contributed by atoms with Gasteiger partial charge in [-0.3, -0.25) is 10.1 Å². The van der Waals surface area contributed by atoms with Crippen LogP contribution in [0.1, 0.15) is 5.56 Å². The van der Waals surface area contributed by atoms with E-state index in [-0.39, 0.29) is 5.69 Å². The van der Waals surface area contributed by atoms with Crippen molar-refractivity contribution in [2.75, 3.05) is 0 Å². The molecule has 0 fully saturated rings. The summed E-state index contributed by atoms with van der Waals surface area (Å²) in [6.45, 7) is 1.68. The Morgan fingerprint density at radius 3 is 2.93 bits per heavy atom. The van der Waals surface area contributed by atoms with Crippen LogP contribution in [0.15, 0.2) is 12.1 Å². The minimum absolute atomic E-state index is 0.0830. The number of benzene rings is 1. The summed E-state index contributed by atoms with van der Waals surface area (Å²) < 4.78 is 4.57. The van der Waals surface area contributed by atoms with Gasteiger partial charge in [-0.1, -0.05) is 11.6 Å². The fourth-order valence-corrected chi connectivity index (χ4v) is 2.36. The first-order chi connectivity index (χ1) is 6.61. The zero-order chi connectivity index (χ0) is 10.3. The Morgan fingerprint density at radius 2 is 2.29 bits per heavy atom. The number of nitro groups is 1. The van der Waals surface area contributed by atoms with Crippen LogP contribution < -0.4 is 0 Å². The predicted octanol–water partition coefficient (Wildman–Crippen LogP) is 3.17. The summed E-state index contributed by atoms with van der Waals surface area (Å²) in [5.74, 6) is 0. The van der Waals surface area contributed by atoms with E-state index in [2.05, 4.69) is 4.37 Å². The minimum atomic E-state index is -0.414. The van der Waals surface area contributed by atoms with Crippen molar-refractivity contribution >= 4 is 39.7 Å². The molecule has 6 heteroatoms. The second kappa shape index (κ2) is 3.18. The molecule has 72 valence electrons. The minimum Gasteiger partial charge on any atom is -0.258 e. The highest BCUT2D eigenvalue weighted by Gasteiger charge is 2.16. The Bertz CT molecular complexity index is 523. The molecule has 2 rings (SSSR count). The van der Waals surface area contributed by atoms with Gasteiger partial charge >= 0.3 is 0 Å². The summed E-state index contributed by atoms with van der Waals surface area (Å²) in [6, 6.07) is 3.07. The van der Waals surface area contributed by atoms with Crippen molar-refractivity contribution in [1.29, 1.82) is 0 Å². The topological polar surface area (TPSA) is 56.0 Å². The molecule has 0 N–H and O–H groups in total. The first kappa shape index (κ1) is 9.36. The van der Waals surface area contributed by atoms with E-state index in [4.69, 9.17) is 11.6 Å². The largest absolute Gasteiger partial charge is 0.273 e. The van der Waals surface area contributed by atoms with E-state index in [1.807, 2.05) is 0 Å². The number of hydrogen-bond donors (Lipinski definition) is 0. The molecule has 0 bridgehead atoms. The second-order valence-electron chi connectivity index (χ2n) is 2.82. The number of aryl methyl sites for hydroxylation is 1. The van der Waals surface area contributed by atoms with E-state index in [0.29, 0.717) is 20.8 Å². The summed E-state index contributed by atoms with van der Waals surface area (Å²) in [4.78, 5) is 10.2. The van der Waals surface area contributed by atoms with Crippen molar-refractivity contribution < 1.29 is 4.92 Å². The van der Waals surface area contributed by atoms with Crippen LogP contribution in [-0.2, 0) is 0 Å². The number of halogens is 1. The fourth-order valence-electron chi connectivity index (χ4n) is 1.34. The summed E-state index contributed by atoms with van der Waals surface area (Å²) in [5.41, 5.74) is 1.37. The van der Waals surface area contributed by atoms with Crippen LogP contribution in [0.25, 0.3) is 10.9 Å². The first-order valence-electron chi connectivity index (χ1n) is 3.80. The van der Waals surface area contributed by atoms with Crippen LogP contribution in [0.2, 0.25) is 4.34 Å². The highest BCUT2D eigenvalue weighted by molar-refractivity contribution is 7.12. The molecule has 0 aliphatic heterocycles. The van der Waals surface area contributed by atoms with Crippen molar-refractivity contribution in [2.24, 2.45) is 0 Å². The Morgan fingerprint density at radius 1 is 1.57 bits per heavy atom. The molecule has 0 spiro atoms. The summed E-state index contributed by atoms with van der Waals surface area (Å²) in [5, 5.41) is 11.3.